The van der Waals surface area contributed by atoms with Crippen LogP contribution in [0, 0.1) is 0 Å². The zero-order valence-electron chi connectivity index (χ0n) is 14.5. The maximum absolute atomic E-state index is 11.7. The summed E-state index contributed by atoms with van der Waals surface area (Å²) in [5.41, 5.74) is 7.70. The van der Waals surface area contributed by atoms with E-state index in [4.69, 9.17) is 15.5 Å². The number of nitrogen functional groups attached to an aromatic ring is 1. The van der Waals surface area contributed by atoms with Crippen molar-refractivity contribution in [3.05, 3.63) is 30.2 Å². The fourth-order valence-electron chi connectivity index (χ4n) is 2.82. The standard InChI is InChI=1S/C17H22N6O2/c1-22-6-3-7-23(9-8-22)16-15(18)20-11-14(21-16)12-4-5-19-13(10-12)17(24)25-2/h4-5,10-11H,3,6-9H2,1-2H3,(H2,18,20). The van der Waals surface area contributed by atoms with Gasteiger partial charge in [0, 0.05) is 31.4 Å². The number of methoxy groups -OCH3 is 1. The first-order valence-corrected chi connectivity index (χ1v) is 8.19. The van der Waals surface area contributed by atoms with Crippen LogP contribution in [0.2, 0.25) is 0 Å². The Hall–Kier alpha value is -2.74. The van der Waals surface area contributed by atoms with Gasteiger partial charge < -0.3 is 20.3 Å². The number of rotatable bonds is 3. The average molecular weight is 342 g/mol. The van der Waals surface area contributed by atoms with Gasteiger partial charge in [-0.3, -0.25) is 0 Å². The molecular formula is C17H22N6O2. The van der Waals surface area contributed by atoms with Crippen molar-refractivity contribution < 1.29 is 9.53 Å². The molecule has 3 heterocycles. The minimum atomic E-state index is -0.485. The highest BCUT2D eigenvalue weighted by atomic mass is 16.5. The average Bonchev–Trinajstić information content (AvgIpc) is 2.86. The van der Waals surface area contributed by atoms with Crippen molar-refractivity contribution in [3.63, 3.8) is 0 Å². The van der Waals surface area contributed by atoms with Crippen LogP contribution in [0.3, 0.4) is 0 Å². The molecule has 1 saturated heterocycles. The predicted octanol–water partition coefficient (Wildman–Crippen LogP) is 1.05. The number of aromatic nitrogens is 3. The van der Waals surface area contributed by atoms with Crippen molar-refractivity contribution in [1.29, 1.82) is 0 Å². The summed E-state index contributed by atoms with van der Waals surface area (Å²) in [6, 6.07) is 3.43. The molecule has 0 bridgehead atoms. The summed E-state index contributed by atoms with van der Waals surface area (Å²) in [5, 5.41) is 0. The van der Waals surface area contributed by atoms with Gasteiger partial charge >= 0.3 is 5.97 Å². The van der Waals surface area contributed by atoms with Gasteiger partial charge in [0.1, 0.15) is 5.69 Å². The zero-order valence-corrected chi connectivity index (χ0v) is 14.5. The van der Waals surface area contributed by atoms with Crippen molar-refractivity contribution in [2.75, 3.05) is 51.0 Å². The highest BCUT2D eigenvalue weighted by molar-refractivity contribution is 5.88. The lowest BCUT2D eigenvalue weighted by molar-refractivity contribution is 0.0594. The molecule has 0 unspecified atom stereocenters. The summed E-state index contributed by atoms with van der Waals surface area (Å²) < 4.78 is 4.72. The van der Waals surface area contributed by atoms with Crippen LogP contribution in [0.15, 0.2) is 24.5 Å². The van der Waals surface area contributed by atoms with E-state index in [9.17, 15) is 4.79 Å². The number of esters is 1. The van der Waals surface area contributed by atoms with Crippen LogP contribution in [-0.4, -0.2) is 66.2 Å². The quantitative estimate of drug-likeness (QED) is 0.827. The minimum absolute atomic E-state index is 0.233. The van der Waals surface area contributed by atoms with Gasteiger partial charge in [-0.2, -0.15) is 0 Å². The Morgan fingerprint density at radius 1 is 1.24 bits per heavy atom. The number of nitrogens with two attached hydrogens (primary N) is 1. The second-order valence-corrected chi connectivity index (χ2v) is 6.03. The maximum Gasteiger partial charge on any atom is 0.356 e. The number of anilines is 2. The van der Waals surface area contributed by atoms with Crippen LogP contribution < -0.4 is 10.6 Å². The molecule has 25 heavy (non-hydrogen) atoms. The molecule has 0 atom stereocenters. The van der Waals surface area contributed by atoms with Crippen molar-refractivity contribution >= 4 is 17.6 Å². The van der Waals surface area contributed by atoms with E-state index in [2.05, 4.69) is 26.8 Å². The Balaban J connectivity index is 1.92. The Morgan fingerprint density at radius 3 is 2.88 bits per heavy atom. The first kappa shape index (κ1) is 17.1. The van der Waals surface area contributed by atoms with Gasteiger partial charge in [-0.05, 0) is 32.1 Å². The smallest absolute Gasteiger partial charge is 0.356 e. The predicted molar refractivity (Wildman–Crippen MR) is 95.3 cm³/mol. The third-order valence-corrected chi connectivity index (χ3v) is 4.25. The monoisotopic (exact) mass is 342 g/mol. The SMILES string of the molecule is COC(=O)c1cc(-c2cnc(N)c(N3CCCN(C)CC3)n2)ccn1. The fourth-order valence-corrected chi connectivity index (χ4v) is 2.82. The van der Waals surface area contributed by atoms with E-state index in [1.807, 2.05) is 0 Å². The van der Waals surface area contributed by atoms with Crippen LogP contribution in [0.25, 0.3) is 11.3 Å². The molecule has 8 nitrogen and oxygen atoms in total. The highest BCUT2D eigenvalue weighted by Gasteiger charge is 2.18. The lowest BCUT2D eigenvalue weighted by Gasteiger charge is -2.23. The lowest BCUT2D eigenvalue weighted by Crippen LogP contribution is -2.30. The summed E-state index contributed by atoms with van der Waals surface area (Å²) in [7, 11) is 3.44. The largest absolute Gasteiger partial charge is 0.464 e. The van der Waals surface area contributed by atoms with Crippen molar-refractivity contribution in [3.8, 4) is 11.3 Å². The van der Waals surface area contributed by atoms with Crippen LogP contribution in [0.4, 0.5) is 11.6 Å². The molecule has 1 aliphatic rings. The fraction of sp³-hybridized carbons (Fsp3) is 0.412. The van der Waals surface area contributed by atoms with Crippen LogP contribution in [0.1, 0.15) is 16.9 Å². The van der Waals surface area contributed by atoms with E-state index in [0.29, 0.717) is 17.3 Å². The number of pyridine rings is 1. The van der Waals surface area contributed by atoms with Crippen LogP contribution in [0.5, 0.6) is 0 Å². The summed E-state index contributed by atoms with van der Waals surface area (Å²) in [6.45, 7) is 3.74. The summed E-state index contributed by atoms with van der Waals surface area (Å²) >= 11 is 0. The van der Waals surface area contributed by atoms with Gasteiger partial charge in [-0.15, -0.1) is 0 Å². The van der Waals surface area contributed by atoms with E-state index in [1.54, 1.807) is 24.5 Å². The molecule has 0 aliphatic carbocycles. The lowest BCUT2D eigenvalue weighted by atomic mass is 10.1. The van der Waals surface area contributed by atoms with E-state index in [-0.39, 0.29) is 5.69 Å². The van der Waals surface area contributed by atoms with E-state index >= 15 is 0 Å². The highest BCUT2D eigenvalue weighted by Crippen LogP contribution is 2.25. The number of hydrogen-bond acceptors (Lipinski definition) is 8. The maximum atomic E-state index is 11.7. The van der Waals surface area contributed by atoms with Crippen molar-refractivity contribution in [2.45, 2.75) is 6.42 Å². The summed E-state index contributed by atoms with van der Waals surface area (Å²) in [5.74, 6) is 0.612. The number of hydrogen-bond donors (Lipinski definition) is 1. The van der Waals surface area contributed by atoms with E-state index < -0.39 is 5.97 Å². The Kier molecular flexibility index (Phi) is 5.08. The molecule has 0 radical (unpaired) electrons. The molecule has 8 heteroatoms. The number of carbonyl (C=O) groups excluding carboxylic acids is 1. The Labute approximate surface area is 146 Å². The third kappa shape index (κ3) is 3.85. The number of likely N-dealkylation sites (N-methyl/N-ethyl adjacent to an activating group) is 1. The number of ether oxygens (including phenoxy) is 1. The molecule has 2 aromatic heterocycles. The number of carbonyl (C=O) groups is 1. The van der Waals surface area contributed by atoms with Gasteiger partial charge in [0.15, 0.2) is 11.6 Å². The molecule has 1 aliphatic heterocycles. The van der Waals surface area contributed by atoms with Gasteiger partial charge in [0.2, 0.25) is 0 Å². The molecule has 0 saturated carbocycles. The van der Waals surface area contributed by atoms with Gasteiger partial charge in [-0.25, -0.2) is 19.7 Å². The zero-order chi connectivity index (χ0) is 17.8. The third-order valence-electron chi connectivity index (χ3n) is 4.25. The molecule has 0 aromatic carbocycles. The van der Waals surface area contributed by atoms with E-state index in [0.717, 1.165) is 38.2 Å². The van der Waals surface area contributed by atoms with Crippen LogP contribution in [-0.2, 0) is 4.74 Å². The van der Waals surface area contributed by atoms with Gasteiger partial charge in [0.05, 0.1) is 19.0 Å². The Bertz CT molecular complexity index is 767. The van der Waals surface area contributed by atoms with Crippen molar-refractivity contribution in [2.24, 2.45) is 0 Å². The molecule has 3 rings (SSSR count). The number of nitrogens with zero attached hydrogens (tertiary/aromatic N) is 5. The molecule has 2 aromatic rings. The van der Waals surface area contributed by atoms with Gasteiger partial charge in [0.25, 0.3) is 0 Å². The molecular weight excluding hydrogens is 320 g/mol. The molecule has 1 fully saturated rings. The first-order chi connectivity index (χ1) is 12.1. The molecule has 2 N–H and O–H groups in total. The minimum Gasteiger partial charge on any atom is -0.464 e. The first-order valence-electron chi connectivity index (χ1n) is 8.19. The van der Waals surface area contributed by atoms with Crippen molar-refractivity contribution in [1.82, 2.24) is 19.9 Å². The molecule has 0 amide bonds. The van der Waals surface area contributed by atoms with Crippen LogP contribution >= 0.6 is 0 Å². The summed E-state index contributed by atoms with van der Waals surface area (Å²) in [4.78, 5) is 29.2. The molecule has 132 valence electrons. The summed E-state index contributed by atoms with van der Waals surface area (Å²) in [6.07, 6.45) is 4.21. The Morgan fingerprint density at radius 2 is 2.08 bits per heavy atom. The van der Waals surface area contributed by atoms with E-state index in [1.165, 1.54) is 7.11 Å². The normalized spacial score (nSPS) is 15.7. The second-order valence-electron chi connectivity index (χ2n) is 6.03. The molecule has 0 spiro atoms. The second kappa shape index (κ2) is 7.43. The topological polar surface area (TPSA) is 97.5 Å². The van der Waals surface area contributed by atoms with Gasteiger partial charge in [-0.1, -0.05) is 0 Å².